The highest BCUT2D eigenvalue weighted by Gasteiger charge is 2.11. The van der Waals surface area contributed by atoms with E-state index < -0.39 is 0 Å². The van der Waals surface area contributed by atoms with Gasteiger partial charge in [0.2, 0.25) is 0 Å². The maximum absolute atomic E-state index is 9.34. The molecule has 0 spiro atoms. The monoisotopic (exact) mass is 330 g/mol. The van der Waals surface area contributed by atoms with Gasteiger partial charge in [0.25, 0.3) is 0 Å². The minimum absolute atomic E-state index is 0.153. The molecule has 0 aliphatic heterocycles. The Labute approximate surface area is 127 Å². The first-order valence-corrected chi connectivity index (χ1v) is 7.18. The highest BCUT2D eigenvalue weighted by molar-refractivity contribution is 9.10. The van der Waals surface area contributed by atoms with Gasteiger partial charge in [-0.1, -0.05) is 19.1 Å². The summed E-state index contributed by atoms with van der Waals surface area (Å²) in [4.78, 5) is 0. The standard InChI is InChI=1S/C16H15BrN2O/c1-2-15(12-4-6-13(20)7-5-12)19-16-8-3-11(10-18)9-14(16)17/h3-9,15,19-20H,2H2,1H3. The van der Waals surface area contributed by atoms with Crippen molar-refractivity contribution in [3.63, 3.8) is 0 Å². The molecule has 0 aromatic heterocycles. The minimum atomic E-state index is 0.153. The molecule has 4 heteroatoms. The van der Waals surface area contributed by atoms with Crippen LogP contribution in [0.25, 0.3) is 0 Å². The Kier molecular flexibility index (Phi) is 4.65. The molecular weight excluding hydrogens is 316 g/mol. The molecule has 102 valence electrons. The Balaban J connectivity index is 2.22. The van der Waals surface area contributed by atoms with E-state index in [0.717, 1.165) is 22.1 Å². The summed E-state index contributed by atoms with van der Waals surface area (Å²) in [6, 6.07) is 14.9. The van der Waals surface area contributed by atoms with Crippen molar-refractivity contribution < 1.29 is 5.11 Å². The van der Waals surface area contributed by atoms with E-state index in [4.69, 9.17) is 5.26 Å². The fourth-order valence-corrected chi connectivity index (χ4v) is 2.51. The molecule has 3 nitrogen and oxygen atoms in total. The predicted octanol–water partition coefficient (Wildman–Crippen LogP) is 4.59. The minimum Gasteiger partial charge on any atom is -0.508 e. The first-order valence-electron chi connectivity index (χ1n) is 6.39. The molecule has 1 atom stereocenters. The van der Waals surface area contributed by atoms with Gasteiger partial charge in [-0.25, -0.2) is 0 Å². The summed E-state index contributed by atoms with van der Waals surface area (Å²) in [5.41, 5.74) is 2.69. The number of nitrogens with one attached hydrogen (secondary N) is 1. The Morgan fingerprint density at radius 3 is 2.50 bits per heavy atom. The van der Waals surface area contributed by atoms with E-state index in [1.54, 1.807) is 24.3 Å². The van der Waals surface area contributed by atoms with Crippen molar-refractivity contribution in [2.75, 3.05) is 5.32 Å². The van der Waals surface area contributed by atoms with Crippen molar-refractivity contribution >= 4 is 21.6 Å². The number of hydrogen-bond donors (Lipinski definition) is 2. The number of halogens is 1. The van der Waals surface area contributed by atoms with E-state index >= 15 is 0 Å². The van der Waals surface area contributed by atoms with Crippen LogP contribution in [0.3, 0.4) is 0 Å². The summed E-state index contributed by atoms with van der Waals surface area (Å²) in [6.07, 6.45) is 0.914. The maximum atomic E-state index is 9.34. The van der Waals surface area contributed by atoms with Crippen LogP contribution in [0.15, 0.2) is 46.9 Å². The molecule has 0 saturated heterocycles. The molecule has 0 bridgehead atoms. The Morgan fingerprint density at radius 1 is 1.25 bits per heavy atom. The molecule has 2 aromatic rings. The second kappa shape index (κ2) is 6.44. The van der Waals surface area contributed by atoms with E-state index in [2.05, 4.69) is 34.2 Å². The van der Waals surface area contributed by atoms with Crippen LogP contribution >= 0.6 is 15.9 Å². The number of benzene rings is 2. The van der Waals surface area contributed by atoms with Crippen molar-refractivity contribution in [3.8, 4) is 11.8 Å². The second-order valence-corrected chi connectivity index (χ2v) is 5.36. The average molecular weight is 331 g/mol. The smallest absolute Gasteiger partial charge is 0.115 e. The first-order chi connectivity index (χ1) is 9.63. The molecule has 0 amide bonds. The van der Waals surface area contributed by atoms with Gasteiger partial charge in [-0.15, -0.1) is 0 Å². The predicted molar refractivity (Wildman–Crippen MR) is 83.6 cm³/mol. The number of aromatic hydroxyl groups is 1. The van der Waals surface area contributed by atoms with Crippen LogP contribution in [-0.4, -0.2) is 5.11 Å². The van der Waals surface area contributed by atoms with Crippen LogP contribution in [-0.2, 0) is 0 Å². The van der Waals surface area contributed by atoms with Crippen LogP contribution in [0.1, 0.15) is 30.5 Å². The molecule has 0 fully saturated rings. The van der Waals surface area contributed by atoms with Gasteiger partial charge in [0.1, 0.15) is 5.75 Å². The highest BCUT2D eigenvalue weighted by Crippen LogP contribution is 2.29. The van der Waals surface area contributed by atoms with Crippen molar-refractivity contribution in [3.05, 3.63) is 58.1 Å². The molecular formula is C16H15BrN2O. The largest absolute Gasteiger partial charge is 0.508 e. The lowest BCUT2D eigenvalue weighted by molar-refractivity contribution is 0.475. The zero-order valence-corrected chi connectivity index (χ0v) is 12.7. The Morgan fingerprint density at radius 2 is 1.95 bits per heavy atom. The fraction of sp³-hybridized carbons (Fsp3) is 0.188. The molecule has 2 rings (SSSR count). The highest BCUT2D eigenvalue weighted by atomic mass is 79.9. The van der Waals surface area contributed by atoms with Gasteiger partial charge in [-0.3, -0.25) is 0 Å². The lowest BCUT2D eigenvalue weighted by atomic mass is 10.0. The number of nitriles is 1. The summed E-state index contributed by atoms with van der Waals surface area (Å²) in [6.45, 7) is 2.10. The molecule has 0 aliphatic rings. The number of phenolic OH excluding ortho intramolecular Hbond substituents is 1. The summed E-state index contributed by atoms with van der Waals surface area (Å²) in [7, 11) is 0. The van der Waals surface area contributed by atoms with E-state index in [-0.39, 0.29) is 11.8 Å². The summed E-state index contributed by atoms with van der Waals surface area (Å²) < 4.78 is 0.869. The maximum Gasteiger partial charge on any atom is 0.115 e. The normalized spacial score (nSPS) is 11.7. The lowest BCUT2D eigenvalue weighted by Gasteiger charge is -2.20. The number of anilines is 1. The van der Waals surface area contributed by atoms with Crippen molar-refractivity contribution in [1.29, 1.82) is 5.26 Å². The second-order valence-electron chi connectivity index (χ2n) is 4.50. The summed E-state index contributed by atoms with van der Waals surface area (Å²) >= 11 is 3.48. The van der Waals surface area contributed by atoms with Crippen LogP contribution in [0, 0.1) is 11.3 Å². The van der Waals surface area contributed by atoms with Gasteiger partial charge < -0.3 is 10.4 Å². The van der Waals surface area contributed by atoms with Gasteiger partial charge >= 0.3 is 0 Å². The quantitative estimate of drug-likeness (QED) is 0.861. The van der Waals surface area contributed by atoms with Gasteiger partial charge in [0, 0.05) is 10.2 Å². The van der Waals surface area contributed by atoms with Crippen molar-refractivity contribution in [2.45, 2.75) is 19.4 Å². The molecule has 2 N–H and O–H groups in total. The molecule has 0 heterocycles. The lowest BCUT2D eigenvalue weighted by Crippen LogP contribution is -2.10. The molecule has 2 aromatic carbocycles. The third-order valence-corrected chi connectivity index (χ3v) is 3.79. The zero-order valence-electron chi connectivity index (χ0n) is 11.1. The van der Waals surface area contributed by atoms with Gasteiger partial charge in [-0.05, 0) is 58.2 Å². The van der Waals surface area contributed by atoms with E-state index in [0.29, 0.717) is 5.56 Å². The third kappa shape index (κ3) is 3.31. The SMILES string of the molecule is CCC(Nc1ccc(C#N)cc1Br)c1ccc(O)cc1. The molecule has 0 saturated carbocycles. The van der Waals surface area contributed by atoms with Gasteiger partial charge in [0.05, 0.1) is 17.7 Å². The topological polar surface area (TPSA) is 56.0 Å². The van der Waals surface area contributed by atoms with Crippen LogP contribution < -0.4 is 5.32 Å². The van der Waals surface area contributed by atoms with E-state index in [9.17, 15) is 5.11 Å². The average Bonchev–Trinajstić information content (AvgIpc) is 2.47. The number of hydrogen-bond acceptors (Lipinski definition) is 3. The molecule has 1 unspecified atom stereocenters. The van der Waals surface area contributed by atoms with Crippen LogP contribution in [0.5, 0.6) is 5.75 Å². The van der Waals surface area contributed by atoms with Crippen LogP contribution in [0.2, 0.25) is 0 Å². The van der Waals surface area contributed by atoms with Crippen LogP contribution in [0.4, 0.5) is 5.69 Å². The Bertz CT molecular complexity index is 632. The van der Waals surface area contributed by atoms with E-state index in [1.165, 1.54) is 0 Å². The summed E-state index contributed by atoms with van der Waals surface area (Å²) in [5, 5.41) is 21.7. The molecule has 0 radical (unpaired) electrons. The van der Waals surface area contributed by atoms with Crippen molar-refractivity contribution in [2.24, 2.45) is 0 Å². The number of phenols is 1. The first kappa shape index (κ1) is 14.4. The number of nitrogens with zero attached hydrogens (tertiary/aromatic N) is 1. The molecule has 20 heavy (non-hydrogen) atoms. The number of rotatable bonds is 4. The van der Waals surface area contributed by atoms with Crippen molar-refractivity contribution in [1.82, 2.24) is 0 Å². The fourth-order valence-electron chi connectivity index (χ4n) is 2.02. The Hall–Kier alpha value is -1.99. The zero-order chi connectivity index (χ0) is 14.5. The molecule has 0 aliphatic carbocycles. The summed E-state index contributed by atoms with van der Waals surface area (Å²) in [5.74, 6) is 0.267. The van der Waals surface area contributed by atoms with Gasteiger partial charge in [0.15, 0.2) is 0 Å². The third-order valence-electron chi connectivity index (χ3n) is 3.13. The van der Waals surface area contributed by atoms with E-state index in [1.807, 2.05) is 18.2 Å². The van der Waals surface area contributed by atoms with Gasteiger partial charge in [-0.2, -0.15) is 5.26 Å².